The normalized spacial score (nSPS) is 11.9. The van der Waals surface area contributed by atoms with E-state index in [1.165, 1.54) is 32.1 Å². The van der Waals surface area contributed by atoms with Gasteiger partial charge in [0.15, 0.2) is 0 Å². The number of anilines is 1. The molecule has 192 valence electrons. The lowest BCUT2D eigenvalue weighted by Gasteiger charge is -2.21. The van der Waals surface area contributed by atoms with Crippen molar-refractivity contribution in [1.29, 1.82) is 5.41 Å². The van der Waals surface area contributed by atoms with E-state index in [0.29, 0.717) is 37.0 Å². The fourth-order valence-corrected chi connectivity index (χ4v) is 4.25. The molecule has 0 saturated carbocycles. The van der Waals surface area contributed by atoms with Crippen molar-refractivity contribution in [3.05, 3.63) is 11.9 Å². The number of carbonyl (C=O) groups excluding carboxylic acids is 2. The lowest BCUT2D eigenvalue weighted by atomic mass is 10.0. The molecule has 0 aromatic carbocycles. The number of rotatable bonds is 20. The Balaban J connectivity index is 2.83. The van der Waals surface area contributed by atoms with Crippen molar-refractivity contribution in [2.75, 3.05) is 30.8 Å². The number of amides is 1. The first kappa shape index (κ1) is 30.0. The molecule has 0 bridgehead atoms. The average molecular weight is 494 g/mol. The van der Waals surface area contributed by atoms with Crippen molar-refractivity contribution >= 4 is 35.5 Å². The van der Waals surface area contributed by atoms with Crippen LogP contribution in [0.5, 0.6) is 0 Å². The van der Waals surface area contributed by atoms with E-state index >= 15 is 0 Å². The number of ether oxygens (including phenoxy) is 1. The number of thioether (sulfide) groups is 1. The van der Waals surface area contributed by atoms with Crippen LogP contribution in [-0.4, -0.2) is 59.4 Å². The average Bonchev–Trinajstić information content (AvgIpc) is 2.81. The summed E-state index contributed by atoms with van der Waals surface area (Å²) < 4.78 is 5.32. The standard InChI is InChI=1S/C25H43N5O3S/c1-5-7-8-9-10-11-15-34-23-17-22(29-24(30-23)21(31)18-26)28-20(16-19(3)4)25(32)27-13-12-14-33-6-2/h17-20,26H,5-16H2,1-4H3,(H,27,32)(H,28,29,30)/t20-/m0/s1. The van der Waals surface area contributed by atoms with Gasteiger partial charge in [-0.1, -0.05) is 52.9 Å². The van der Waals surface area contributed by atoms with Crippen LogP contribution in [0, 0.1) is 11.3 Å². The maximum atomic E-state index is 12.8. The Hall–Kier alpha value is -2.00. The number of nitrogens with zero attached hydrogens (tertiary/aromatic N) is 2. The third-order valence-corrected chi connectivity index (χ3v) is 6.11. The van der Waals surface area contributed by atoms with Gasteiger partial charge in [0.05, 0.1) is 6.21 Å². The number of nitrogens with one attached hydrogen (secondary N) is 3. The third-order valence-electron chi connectivity index (χ3n) is 5.12. The summed E-state index contributed by atoms with van der Waals surface area (Å²) in [7, 11) is 0. The predicted octanol–water partition coefficient (Wildman–Crippen LogP) is 5.13. The minimum absolute atomic E-state index is 0.0223. The van der Waals surface area contributed by atoms with Gasteiger partial charge in [0.1, 0.15) is 16.9 Å². The monoisotopic (exact) mass is 493 g/mol. The second kappa shape index (κ2) is 18.3. The van der Waals surface area contributed by atoms with E-state index in [-0.39, 0.29) is 17.6 Å². The molecule has 0 unspecified atom stereocenters. The van der Waals surface area contributed by atoms with E-state index < -0.39 is 11.8 Å². The lowest BCUT2D eigenvalue weighted by Crippen LogP contribution is -2.41. The molecular weight excluding hydrogens is 450 g/mol. The zero-order valence-electron chi connectivity index (χ0n) is 21.3. The maximum absolute atomic E-state index is 12.8. The van der Waals surface area contributed by atoms with Crippen LogP contribution in [0.1, 0.15) is 89.7 Å². The molecule has 1 rings (SSSR count). The van der Waals surface area contributed by atoms with Crippen molar-refractivity contribution < 1.29 is 14.3 Å². The lowest BCUT2D eigenvalue weighted by molar-refractivity contribution is -0.122. The molecule has 8 nitrogen and oxygen atoms in total. The molecule has 0 saturated heterocycles. The quantitative estimate of drug-likeness (QED) is 0.0757. The summed E-state index contributed by atoms with van der Waals surface area (Å²) in [4.78, 5) is 33.6. The van der Waals surface area contributed by atoms with E-state index in [2.05, 4.69) is 41.4 Å². The Morgan fingerprint density at radius 3 is 2.53 bits per heavy atom. The number of Topliss-reactive ketones (excluding diaryl/α,β-unsaturated/α-hetero) is 1. The molecule has 1 aromatic heterocycles. The van der Waals surface area contributed by atoms with Crippen molar-refractivity contribution in [3.8, 4) is 0 Å². The van der Waals surface area contributed by atoms with E-state index in [1.807, 2.05) is 6.92 Å². The number of aromatic nitrogens is 2. The zero-order chi connectivity index (χ0) is 25.2. The number of carbonyl (C=O) groups is 2. The summed E-state index contributed by atoms with van der Waals surface area (Å²) in [6, 6.07) is 1.30. The van der Waals surface area contributed by atoms with Crippen LogP contribution in [0.25, 0.3) is 0 Å². The van der Waals surface area contributed by atoms with Gasteiger partial charge in [0.25, 0.3) is 0 Å². The predicted molar refractivity (Wildman–Crippen MR) is 140 cm³/mol. The van der Waals surface area contributed by atoms with E-state index in [0.717, 1.165) is 24.8 Å². The first-order chi connectivity index (χ1) is 16.4. The minimum atomic E-state index is -0.550. The van der Waals surface area contributed by atoms with Crippen LogP contribution in [0.4, 0.5) is 5.82 Å². The molecule has 0 radical (unpaired) electrons. The smallest absolute Gasteiger partial charge is 0.242 e. The molecule has 1 atom stereocenters. The van der Waals surface area contributed by atoms with Crippen LogP contribution >= 0.6 is 11.8 Å². The summed E-state index contributed by atoms with van der Waals surface area (Å²) in [6.45, 7) is 10.1. The second-order valence-electron chi connectivity index (χ2n) is 8.71. The molecule has 9 heteroatoms. The summed E-state index contributed by atoms with van der Waals surface area (Å²) in [6.07, 6.45) is 9.36. The maximum Gasteiger partial charge on any atom is 0.242 e. The summed E-state index contributed by atoms with van der Waals surface area (Å²) >= 11 is 1.58. The van der Waals surface area contributed by atoms with Gasteiger partial charge >= 0.3 is 0 Å². The Morgan fingerprint density at radius 2 is 1.85 bits per heavy atom. The van der Waals surface area contributed by atoms with Gasteiger partial charge in [0, 0.05) is 25.8 Å². The molecule has 1 aromatic rings. The largest absolute Gasteiger partial charge is 0.382 e. The van der Waals surface area contributed by atoms with Crippen molar-refractivity contribution in [2.45, 2.75) is 90.1 Å². The van der Waals surface area contributed by atoms with Gasteiger partial charge in [-0.05, 0) is 37.9 Å². The minimum Gasteiger partial charge on any atom is -0.382 e. The summed E-state index contributed by atoms with van der Waals surface area (Å²) in [5, 5.41) is 14.2. The fraction of sp³-hybridized carbons (Fsp3) is 0.720. The highest BCUT2D eigenvalue weighted by Crippen LogP contribution is 2.22. The molecule has 1 amide bonds. The topological polar surface area (TPSA) is 117 Å². The highest BCUT2D eigenvalue weighted by Gasteiger charge is 2.21. The van der Waals surface area contributed by atoms with Crippen LogP contribution in [0.15, 0.2) is 11.1 Å². The number of hydrogen-bond acceptors (Lipinski definition) is 8. The van der Waals surface area contributed by atoms with Gasteiger partial charge in [-0.3, -0.25) is 9.59 Å². The van der Waals surface area contributed by atoms with Gasteiger partial charge in [0.2, 0.25) is 17.5 Å². The van der Waals surface area contributed by atoms with Crippen LogP contribution in [-0.2, 0) is 9.53 Å². The Morgan fingerprint density at radius 1 is 1.12 bits per heavy atom. The van der Waals surface area contributed by atoms with E-state index in [4.69, 9.17) is 10.1 Å². The first-order valence-electron chi connectivity index (χ1n) is 12.6. The SMILES string of the molecule is CCCCCCCCSc1cc(N[C@@H](CC(C)C)C(=O)NCCCOCC)nc(C(=O)C=N)n1. The molecule has 0 aliphatic rings. The highest BCUT2D eigenvalue weighted by atomic mass is 32.2. The number of unbranched alkanes of at least 4 members (excludes halogenated alkanes) is 5. The fourth-order valence-electron chi connectivity index (χ4n) is 3.34. The van der Waals surface area contributed by atoms with E-state index in [1.54, 1.807) is 17.8 Å². The van der Waals surface area contributed by atoms with Gasteiger partial charge in [-0.25, -0.2) is 9.97 Å². The Bertz CT molecular complexity index is 745. The Labute approximate surface area is 209 Å². The van der Waals surface area contributed by atoms with Crippen LogP contribution in [0.3, 0.4) is 0 Å². The van der Waals surface area contributed by atoms with Crippen LogP contribution < -0.4 is 10.6 Å². The second-order valence-corrected chi connectivity index (χ2v) is 9.82. The molecule has 0 spiro atoms. The molecule has 0 aliphatic heterocycles. The number of ketones is 1. The molecular formula is C25H43N5O3S. The van der Waals surface area contributed by atoms with Gasteiger partial charge < -0.3 is 20.8 Å². The molecule has 0 aliphatic carbocycles. The molecule has 1 heterocycles. The van der Waals surface area contributed by atoms with Crippen molar-refractivity contribution in [2.24, 2.45) is 5.92 Å². The molecule has 34 heavy (non-hydrogen) atoms. The van der Waals surface area contributed by atoms with Crippen LogP contribution in [0.2, 0.25) is 0 Å². The van der Waals surface area contributed by atoms with Crippen molar-refractivity contribution in [3.63, 3.8) is 0 Å². The summed E-state index contributed by atoms with van der Waals surface area (Å²) in [5.41, 5.74) is 0. The van der Waals surface area contributed by atoms with Gasteiger partial charge in [-0.2, -0.15) is 0 Å². The third kappa shape index (κ3) is 13.0. The zero-order valence-corrected chi connectivity index (χ0v) is 22.1. The summed E-state index contributed by atoms with van der Waals surface area (Å²) in [5.74, 6) is 0.941. The van der Waals surface area contributed by atoms with Crippen molar-refractivity contribution in [1.82, 2.24) is 15.3 Å². The van der Waals surface area contributed by atoms with E-state index in [9.17, 15) is 9.59 Å². The molecule has 0 fully saturated rings. The Kier molecular flexibility index (Phi) is 16.2. The highest BCUT2D eigenvalue weighted by molar-refractivity contribution is 7.99. The number of hydrogen-bond donors (Lipinski definition) is 3. The van der Waals surface area contributed by atoms with Gasteiger partial charge in [-0.15, -0.1) is 11.8 Å². The first-order valence-corrected chi connectivity index (χ1v) is 13.6. The molecule has 3 N–H and O–H groups in total.